The van der Waals surface area contributed by atoms with Gasteiger partial charge in [-0.25, -0.2) is 9.37 Å². The van der Waals surface area contributed by atoms with Crippen LogP contribution in [0.5, 0.6) is 0 Å². The van der Waals surface area contributed by atoms with Crippen LogP contribution < -0.4 is 5.32 Å². The van der Waals surface area contributed by atoms with Gasteiger partial charge in [0.05, 0.1) is 0 Å². The second-order valence-electron chi connectivity index (χ2n) is 6.78. The predicted molar refractivity (Wildman–Crippen MR) is 98.6 cm³/mol. The Hall–Kier alpha value is -1.88. The summed E-state index contributed by atoms with van der Waals surface area (Å²) in [6.45, 7) is 6.21. The molecular formula is C19H22FN3S. The van der Waals surface area contributed by atoms with E-state index in [1.165, 1.54) is 42.3 Å². The number of rotatable bonds is 3. The topological polar surface area (TPSA) is 29.3 Å². The summed E-state index contributed by atoms with van der Waals surface area (Å²) in [5.41, 5.74) is 3.55. The third-order valence-electron chi connectivity index (χ3n) is 5.01. The highest BCUT2D eigenvalue weighted by Gasteiger charge is 2.24. The lowest BCUT2D eigenvalue weighted by atomic mass is 10.1. The molecule has 0 saturated heterocycles. The van der Waals surface area contributed by atoms with Gasteiger partial charge in [-0.15, -0.1) is 11.3 Å². The van der Waals surface area contributed by atoms with Gasteiger partial charge in [0, 0.05) is 22.2 Å². The Morgan fingerprint density at radius 1 is 1.21 bits per heavy atom. The molecule has 24 heavy (non-hydrogen) atoms. The highest BCUT2D eigenvalue weighted by Crippen LogP contribution is 2.37. The standard InChI is InChI=1S/C19H22FN3S/c1-11-8-9-16(20)15(10-11)17-18(21-14-6-4-5-7-14)23-12(2)13(3)24-19(23)22-17/h8-10,14,21H,4-7H2,1-3H3. The summed E-state index contributed by atoms with van der Waals surface area (Å²) >= 11 is 1.67. The van der Waals surface area contributed by atoms with Crippen molar-refractivity contribution in [2.75, 3.05) is 5.32 Å². The number of aryl methyl sites for hydroxylation is 3. The fraction of sp³-hybridized carbons (Fsp3) is 0.421. The quantitative estimate of drug-likeness (QED) is 0.682. The van der Waals surface area contributed by atoms with Crippen LogP contribution in [0.1, 0.15) is 41.8 Å². The average molecular weight is 343 g/mol. The van der Waals surface area contributed by atoms with Crippen LogP contribution in [0.4, 0.5) is 10.2 Å². The number of halogens is 1. The molecule has 0 amide bonds. The van der Waals surface area contributed by atoms with Crippen LogP contribution in [0.25, 0.3) is 16.2 Å². The van der Waals surface area contributed by atoms with Crippen LogP contribution in [0, 0.1) is 26.6 Å². The van der Waals surface area contributed by atoms with Crippen molar-refractivity contribution >= 4 is 22.1 Å². The monoisotopic (exact) mass is 343 g/mol. The minimum atomic E-state index is -0.213. The fourth-order valence-corrected chi connectivity index (χ4v) is 4.52. The van der Waals surface area contributed by atoms with E-state index in [2.05, 4.69) is 23.6 Å². The second-order valence-corrected chi connectivity index (χ2v) is 7.96. The number of anilines is 1. The van der Waals surface area contributed by atoms with E-state index in [4.69, 9.17) is 4.98 Å². The average Bonchev–Trinajstić information content (AvgIpc) is 3.23. The summed E-state index contributed by atoms with van der Waals surface area (Å²) in [5.74, 6) is 0.735. The molecule has 0 atom stereocenters. The SMILES string of the molecule is Cc1ccc(F)c(-c2nc3sc(C)c(C)n3c2NC2CCCC2)c1. The molecule has 1 fully saturated rings. The smallest absolute Gasteiger partial charge is 0.196 e. The first kappa shape index (κ1) is 15.6. The normalized spacial score (nSPS) is 15.5. The minimum Gasteiger partial charge on any atom is -0.367 e. The number of thiazole rings is 1. The molecule has 2 heterocycles. The van der Waals surface area contributed by atoms with Crippen LogP contribution >= 0.6 is 11.3 Å². The molecule has 4 rings (SSSR count). The lowest BCUT2D eigenvalue weighted by molar-refractivity contribution is 0.630. The number of imidazole rings is 1. The molecule has 1 saturated carbocycles. The second kappa shape index (κ2) is 5.88. The van der Waals surface area contributed by atoms with Gasteiger partial charge >= 0.3 is 0 Å². The summed E-state index contributed by atoms with van der Waals surface area (Å²) in [7, 11) is 0. The third kappa shape index (κ3) is 2.51. The van der Waals surface area contributed by atoms with Crippen molar-refractivity contribution in [3.63, 3.8) is 0 Å². The van der Waals surface area contributed by atoms with E-state index in [1.54, 1.807) is 17.4 Å². The van der Waals surface area contributed by atoms with Gasteiger partial charge in [-0.2, -0.15) is 0 Å². The fourth-order valence-electron chi connectivity index (χ4n) is 3.55. The first-order valence-electron chi connectivity index (χ1n) is 8.56. The number of benzene rings is 1. The lowest BCUT2D eigenvalue weighted by Crippen LogP contribution is -2.16. The highest BCUT2D eigenvalue weighted by molar-refractivity contribution is 7.17. The Labute approximate surface area is 145 Å². The van der Waals surface area contributed by atoms with E-state index >= 15 is 0 Å². The Balaban J connectivity index is 1.92. The number of hydrogen-bond acceptors (Lipinski definition) is 3. The molecule has 1 aromatic carbocycles. The Morgan fingerprint density at radius 3 is 2.71 bits per heavy atom. The van der Waals surface area contributed by atoms with Crippen molar-refractivity contribution in [3.8, 4) is 11.3 Å². The molecule has 5 heteroatoms. The van der Waals surface area contributed by atoms with Crippen molar-refractivity contribution in [3.05, 3.63) is 40.2 Å². The molecule has 2 aromatic heterocycles. The van der Waals surface area contributed by atoms with Crippen LogP contribution in [0.15, 0.2) is 18.2 Å². The molecule has 126 valence electrons. The zero-order chi connectivity index (χ0) is 16.8. The Bertz CT molecular complexity index is 903. The molecule has 1 aliphatic rings. The number of nitrogens with zero attached hydrogens (tertiary/aromatic N) is 2. The molecule has 1 N–H and O–H groups in total. The lowest BCUT2D eigenvalue weighted by Gasteiger charge is -2.15. The van der Waals surface area contributed by atoms with Gasteiger partial charge in [0.1, 0.15) is 17.3 Å². The van der Waals surface area contributed by atoms with Crippen molar-refractivity contribution in [1.82, 2.24) is 9.38 Å². The van der Waals surface area contributed by atoms with Crippen LogP contribution in [-0.2, 0) is 0 Å². The summed E-state index contributed by atoms with van der Waals surface area (Å²) in [6, 6.07) is 5.69. The van der Waals surface area contributed by atoms with Gasteiger partial charge in [-0.3, -0.25) is 4.40 Å². The summed E-state index contributed by atoms with van der Waals surface area (Å²) in [5, 5.41) is 3.67. The van der Waals surface area contributed by atoms with Crippen molar-refractivity contribution < 1.29 is 4.39 Å². The molecular weight excluding hydrogens is 321 g/mol. The number of fused-ring (bicyclic) bond motifs is 1. The summed E-state index contributed by atoms with van der Waals surface area (Å²) in [6.07, 6.45) is 4.86. The molecule has 0 spiro atoms. The van der Waals surface area contributed by atoms with Crippen LogP contribution in [0.2, 0.25) is 0 Å². The zero-order valence-electron chi connectivity index (χ0n) is 14.3. The van der Waals surface area contributed by atoms with E-state index in [0.717, 1.165) is 22.0 Å². The van der Waals surface area contributed by atoms with Crippen molar-refractivity contribution in [2.24, 2.45) is 0 Å². The van der Waals surface area contributed by atoms with E-state index < -0.39 is 0 Å². The molecule has 3 aromatic rings. The van der Waals surface area contributed by atoms with Gasteiger partial charge < -0.3 is 5.32 Å². The van der Waals surface area contributed by atoms with E-state index in [-0.39, 0.29) is 5.82 Å². The first-order chi connectivity index (χ1) is 11.5. The Morgan fingerprint density at radius 2 is 1.96 bits per heavy atom. The summed E-state index contributed by atoms with van der Waals surface area (Å²) in [4.78, 5) is 6.97. The Kier molecular flexibility index (Phi) is 3.83. The van der Waals surface area contributed by atoms with E-state index in [9.17, 15) is 4.39 Å². The third-order valence-corrected chi connectivity index (χ3v) is 6.07. The zero-order valence-corrected chi connectivity index (χ0v) is 15.1. The summed E-state index contributed by atoms with van der Waals surface area (Å²) < 4.78 is 16.7. The maximum Gasteiger partial charge on any atom is 0.196 e. The van der Waals surface area contributed by atoms with Gasteiger partial charge in [0.15, 0.2) is 4.96 Å². The van der Waals surface area contributed by atoms with E-state index in [1.807, 2.05) is 13.0 Å². The molecule has 0 bridgehead atoms. The maximum absolute atomic E-state index is 14.5. The minimum absolute atomic E-state index is 0.213. The van der Waals surface area contributed by atoms with Gasteiger partial charge in [-0.1, -0.05) is 24.5 Å². The molecule has 0 unspecified atom stereocenters. The first-order valence-corrected chi connectivity index (χ1v) is 9.37. The highest BCUT2D eigenvalue weighted by atomic mass is 32.1. The van der Waals surface area contributed by atoms with Gasteiger partial charge in [0.2, 0.25) is 0 Å². The van der Waals surface area contributed by atoms with Crippen LogP contribution in [-0.4, -0.2) is 15.4 Å². The number of hydrogen-bond donors (Lipinski definition) is 1. The largest absolute Gasteiger partial charge is 0.367 e. The predicted octanol–water partition coefficient (Wildman–Crippen LogP) is 5.48. The molecule has 0 radical (unpaired) electrons. The van der Waals surface area contributed by atoms with Crippen LogP contribution in [0.3, 0.4) is 0 Å². The van der Waals surface area contributed by atoms with E-state index in [0.29, 0.717) is 11.6 Å². The van der Waals surface area contributed by atoms with Gasteiger partial charge in [0.25, 0.3) is 0 Å². The molecule has 3 nitrogen and oxygen atoms in total. The maximum atomic E-state index is 14.5. The molecule has 1 aliphatic carbocycles. The number of aromatic nitrogens is 2. The van der Waals surface area contributed by atoms with Crippen molar-refractivity contribution in [1.29, 1.82) is 0 Å². The van der Waals surface area contributed by atoms with Gasteiger partial charge in [-0.05, 0) is 45.7 Å². The van der Waals surface area contributed by atoms with Crippen molar-refractivity contribution in [2.45, 2.75) is 52.5 Å². The molecule has 0 aliphatic heterocycles. The number of nitrogens with one attached hydrogen (secondary N) is 1.